The number of aromatic hydroxyl groups is 1. The van der Waals surface area contributed by atoms with E-state index in [1.165, 1.54) is 35.0 Å². The molecule has 6 nitrogen and oxygen atoms in total. The zero-order chi connectivity index (χ0) is 23.3. The number of allylic oxidation sites excluding steroid dienone is 1. The minimum Gasteiger partial charge on any atom is -0.507 e. The molecular formula is C24H24N2O4S2. The predicted molar refractivity (Wildman–Crippen MR) is 130 cm³/mol. The number of phenols is 1. The number of ether oxygens (including phenoxy) is 1. The first-order chi connectivity index (χ1) is 15.2. The van der Waals surface area contributed by atoms with Crippen molar-refractivity contribution in [2.45, 2.75) is 33.1 Å². The van der Waals surface area contributed by atoms with Crippen LogP contribution in [0, 0.1) is 0 Å². The SMILES string of the molecule is CCOC(=O)c1csc(/N=C/c2cc(/C=C/C(=O)c3cccs3)cc(C(C)(C)C)c2O)n1. The van der Waals surface area contributed by atoms with Crippen LogP contribution in [0.15, 0.2) is 46.1 Å². The third-order valence-corrected chi connectivity index (χ3v) is 6.08. The van der Waals surface area contributed by atoms with Gasteiger partial charge >= 0.3 is 5.97 Å². The van der Waals surface area contributed by atoms with Crippen molar-refractivity contribution in [3.63, 3.8) is 0 Å². The average Bonchev–Trinajstić information content (AvgIpc) is 3.43. The summed E-state index contributed by atoms with van der Waals surface area (Å²) in [5, 5.41) is 14.7. The number of ketones is 1. The molecular weight excluding hydrogens is 444 g/mol. The summed E-state index contributed by atoms with van der Waals surface area (Å²) in [4.78, 5) is 33.3. The Labute approximate surface area is 194 Å². The third kappa shape index (κ3) is 5.77. The average molecular weight is 469 g/mol. The minimum atomic E-state index is -0.495. The van der Waals surface area contributed by atoms with Crippen LogP contribution in [0.5, 0.6) is 5.75 Å². The van der Waals surface area contributed by atoms with Crippen molar-refractivity contribution in [3.05, 3.63) is 68.4 Å². The summed E-state index contributed by atoms with van der Waals surface area (Å²) in [5.74, 6) is -0.453. The maximum atomic E-state index is 12.3. The first-order valence-corrected chi connectivity index (χ1v) is 11.7. The highest BCUT2D eigenvalue weighted by Gasteiger charge is 2.21. The Kier molecular flexibility index (Phi) is 7.37. The number of thiophene rings is 1. The van der Waals surface area contributed by atoms with Crippen molar-refractivity contribution in [1.29, 1.82) is 0 Å². The molecule has 2 heterocycles. The number of rotatable bonds is 7. The van der Waals surface area contributed by atoms with E-state index in [-0.39, 0.29) is 29.2 Å². The highest BCUT2D eigenvalue weighted by Crippen LogP contribution is 2.34. The van der Waals surface area contributed by atoms with Crippen LogP contribution in [-0.4, -0.2) is 34.7 Å². The highest BCUT2D eigenvalue weighted by atomic mass is 32.1. The first-order valence-electron chi connectivity index (χ1n) is 9.99. The first kappa shape index (κ1) is 23.6. The van der Waals surface area contributed by atoms with Crippen LogP contribution < -0.4 is 0 Å². The maximum absolute atomic E-state index is 12.3. The van der Waals surface area contributed by atoms with E-state index in [4.69, 9.17) is 4.74 Å². The lowest BCUT2D eigenvalue weighted by Crippen LogP contribution is -2.12. The van der Waals surface area contributed by atoms with E-state index in [0.717, 1.165) is 11.1 Å². The van der Waals surface area contributed by atoms with Crippen LogP contribution in [0.3, 0.4) is 0 Å². The number of phenolic OH excluding ortho intramolecular Hbond substituents is 1. The summed E-state index contributed by atoms with van der Waals surface area (Å²) in [6, 6.07) is 7.25. The predicted octanol–water partition coefficient (Wildman–Crippen LogP) is 6.03. The molecule has 0 atom stereocenters. The van der Waals surface area contributed by atoms with Gasteiger partial charge in [-0.3, -0.25) is 4.79 Å². The third-order valence-electron chi connectivity index (χ3n) is 4.45. The summed E-state index contributed by atoms with van der Waals surface area (Å²) < 4.78 is 4.94. The van der Waals surface area contributed by atoms with E-state index in [1.807, 2.05) is 38.3 Å². The largest absolute Gasteiger partial charge is 0.507 e. The zero-order valence-corrected chi connectivity index (χ0v) is 19.9. The Morgan fingerprint density at radius 3 is 2.69 bits per heavy atom. The molecule has 2 aromatic heterocycles. The number of nitrogens with zero attached hydrogens (tertiary/aromatic N) is 2. The zero-order valence-electron chi connectivity index (χ0n) is 18.3. The Morgan fingerprint density at radius 1 is 1.25 bits per heavy atom. The van der Waals surface area contributed by atoms with E-state index >= 15 is 0 Å². The summed E-state index contributed by atoms with van der Waals surface area (Å²) in [5.41, 5.74) is 1.87. The molecule has 0 spiro atoms. The fraction of sp³-hybridized carbons (Fsp3) is 0.250. The molecule has 0 saturated carbocycles. The number of hydrogen-bond donors (Lipinski definition) is 1. The van der Waals surface area contributed by atoms with Gasteiger partial charge in [-0.25, -0.2) is 14.8 Å². The molecule has 0 fully saturated rings. The van der Waals surface area contributed by atoms with Crippen LogP contribution in [-0.2, 0) is 10.2 Å². The molecule has 0 bridgehead atoms. The molecule has 0 amide bonds. The summed E-state index contributed by atoms with van der Waals surface area (Å²) in [7, 11) is 0. The van der Waals surface area contributed by atoms with Crippen molar-refractivity contribution in [1.82, 2.24) is 4.98 Å². The van der Waals surface area contributed by atoms with Gasteiger partial charge in [0.15, 0.2) is 11.5 Å². The minimum absolute atomic E-state index is 0.0742. The second kappa shape index (κ2) is 10.0. The number of carbonyl (C=O) groups is 2. The fourth-order valence-electron chi connectivity index (χ4n) is 2.87. The van der Waals surface area contributed by atoms with E-state index in [0.29, 0.717) is 15.6 Å². The molecule has 0 radical (unpaired) electrons. The second-order valence-electron chi connectivity index (χ2n) is 7.93. The van der Waals surface area contributed by atoms with E-state index < -0.39 is 5.97 Å². The smallest absolute Gasteiger partial charge is 0.357 e. The summed E-state index contributed by atoms with van der Waals surface area (Å²) >= 11 is 2.60. The molecule has 0 aliphatic rings. The number of carbonyl (C=O) groups excluding carboxylic acids is 2. The van der Waals surface area contributed by atoms with Crippen molar-refractivity contribution in [3.8, 4) is 5.75 Å². The van der Waals surface area contributed by atoms with Gasteiger partial charge in [0.05, 0.1) is 11.5 Å². The van der Waals surface area contributed by atoms with Gasteiger partial charge < -0.3 is 9.84 Å². The molecule has 166 valence electrons. The Hall–Kier alpha value is -3.10. The lowest BCUT2D eigenvalue weighted by atomic mass is 9.84. The topological polar surface area (TPSA) is 88.8 Å². The number of esters is 1. The van der Waals surface area contributed by atoms with E-state index in [2.05, 4.69) is 9.98 Å². The molecule has 0 aliphatic carbocycles. The van der Waals surface area contributed by atoms with Gasteiger partial charge in [-0.2, -0.15) is 0 Å². The molecule has 1 aromatic carbocycles. The standard InChI is InChI=1S/C24H24N2O4S2/c1-5-30-22(29)18-14-32-23(26-18)25-13-16-11-15(12-17(21(16)28)24(2,3)4)8-9-19(27)20-7-6-10-31-20/h6-14,28H,5H2,1-4H3/b9-8+,25-13+. The highest BCUT2D eigenvalue weighted by molar-refractivity contribution is 7.13. The molecule has 3 aromatic rings. The Bertz CT molecular complexity index is 1170. The monoisotopic (exact) mass is 468 g/mol. The lowest BCUT2D eigenvalue weighted by molar-refractivity contribution is 0.0520. The molecule has 3 rings (SSSR count). The van der Waals surface area contributed by atoms with Gasteiger partial charge in [0.2, 0.25) is 5.13 Å². The normalized spacial score (nSPS) is 12.0. The number of thiazole rings is 1. The molecule has 8 heteroatoms. The van der Waals surface area contributed by atoms with E-state index in [1.54, 1.807) is 30.5 Å². The molecule has 0 unspecified atom stereocenters. The van der Waals surface area contributed by atoms with Crippen LogP contribution in [0.4, 0.5) is 5.13 Å². The van der Waals surface area contributed by atoms with Gasteiger partial charge in [-0.1, -0.05) is 32.9 Å². The van der Waals surface area contributed by atoms with Gasteiger partial charge in [0.25, 0.3) is 0 Å². The van der Waals surface area contributed by atoms with Crippen molar-refractivity contribution in [2.75, 3.05) is 6.61 Å². The van der Waals surface area contributed by atoms with Gasteiger partial charge in [-0.05, 0) is 47.6 Å². The maximum Gasteiger partial charge on any atom is 0.357 e. The second-order valence-corrected chi connectivity index (χ2v) is 9.71. The summed E-state index contributed by atoms with van der Waals surface area (Å²) in [6.07, 6.45) is 4.77. The molecule has 1 N–H and O–H groups in total. The van der Waals surface area contributed by atoms with Crippen LogP contribution in [0.25, 0.3) is 6.08 Å². The Balaban J connectivity index is 1.92. The quantitative estimate of drug-likeness (QED) is 0.198. The van der Waals surface area contributed by atoms with Crippen LogP contribution in [0.2, 0.25) is 0 Å². The molecule has 0 saturated heterocycles. The van der Waals surface area contributed by atoms with E-state index in [9.17, 15) is 14.7 Å². The number of aliphatic imine (C=N–C) groups is 1. The lowest BCUT2D eigenvalue weighted by Gasteiger charge is -2.22. The van der Waals surface area contributed by atoms with Crippen LogP contribution >= 0.6 is 22.7 Å². The van der Waals surface area contributed by atoms with Gasteiger partial charge in [-0.15, -0.1) is 22.7 Å². The van der Waals surface area contributed by atoms with Crippen molar-refractivity contribution < 1.29 is 19.4 Å². The summed E-state index contributed by atoms with van der Waals surface area (Å²) in [6.45, 7) is 8.00. The van der Waals surface area contributed by atoms with Crippen molar-refractivity contribution in [2.24, 2.45) is 4.99 Å². The fourth-order valence-corrected chi connectivity index (χ4v) is 4.14. The van der Waals surface area contributed by atoms with Crippen molar-refractivity contribution >= 4 is 51.8 Å². The van der Waals surface area contributed by atoms with Crippen LogP contribution in [0.1, 0.15) is 64.5 Å². The number of benzene rings is 1. The molecule has 0 aliphatic heterocycles. The van der Waals surface area contributed by atoms with Gasteiger partial charge in [0, 0.05) is 22.7 Å². The van der Waals surface area contributed by atoms with Gasteiger partial charge in [0.1, 0.15) is 5.75 Å². The molecule has 32 heavy (non-hydrogen) atoms. The number of aromatic nitrogens is 1. The Morgan fingerprint density at radius 2 is 2.03 bits per heavy atom. The number of hydrogen-bond acceptors (Lipinski definition) is 8.